The summed E-state index contributed by atoms with van der Waals surface area (Å²) in [4.78, 5) is 28.5. The van der Waals surface area contributed by atoms with E-state index in [1.807, 2.05) is 36.4 Å². The first-order valence-corrected chi connectivity index (χ1v) is 10.6. The van der Waals surface area contributed by atoms with Gasteiger partial charge in [0.15, 0.2) is 0 Å². The highest BCUT2D eigenvalue weighted by Gasteiger charge is 2.27. The zero-order valence-electron chi connectivity index (χ0n) is 18.1. The highest BCUT2D eigenvalue weighted by Crippen LogP contribution is 2.39. The standard InChI is InChI=1S/C25H25N3O4/c1-3-4-8-22-26-14-18(28(22)15-16-9-11-17(12-10-16)25(30)31)13-20-19-6-5-7-21(32-2)23(19)27-24(20)29/h5-7,9-14H,3-4,8,15H2,1-2H3,(H,27,29)(H,30,31). The van der Waals surface area contributed by atoms with Crippen molar-refractivity contribution in [3.05, 3.63) is 76.9 Å². The van der Waals surface area contributed by atoms with Crippen LogP contribution in [0.3, 0.4) is 0 Å². The SMILES string of the molecule is CCCCc1ncc(C=C2C(=O)Nc3c(OC)cccc32)n1Cc1ccc(C(=O)O)cc1. The van der Waals surface area contributed by atoms with E-state index in [0.29, 0.717) is 23.6 Å². The monoisotopic (exact) mass is 431 g/mol. The van der Waals surface area contributed by atoms with Crippen LogP contribution in [0.4, 0.5) is 5.69 Å². The highest BCUT2D eigenvalue weighted by molar-refractivity contribution is 6.35. The summed E-state index contributed by atoms with van der Waals surface area (Å²) >= 11 is 0. The van der Waals surface area contributed by atoms with E-state index in [0.717, 1.165) is 41.9 Å². The molecular weight excluding hydrogens is 406 g/mol. The van der Waals surface area contributed by atoms with Gasteiger partial charge in [-0.2, -0.15) is 0 Å². The Bertz CT molecular complexity index is 1190. The molecule has 0 saturated heterocycles. The van der Waals surface area contributed by atoms with E-state index < -0.39 is 5.97 Å². The van der Waals surface area contributed by atoms with Crippen LogP contribution in [-0.4, -0.2) is 33.6 Å². The molecule has 0 atom stereocenters. The number of unbranched alkanes of at least 4 members (excludes halogenated alkanes) is 1. The van der Waals surface area contributed by atoms with Crippen molar-refractivity contribution < 1.29 is 19.4 Å². The van der Waals surface area contributed by atoms with Crippen LogP contribution in [0.25, 0.3) is 11.6 Å². The van der Waals surface area contributed by atoms with Crippen LogP contribution in [0.2, 0.25) is 0 Å². The number of amides is 1. The number of aromatic carboxylic acids is 1. The van der Waals surface area contributed by atoms with Crippen molar-refractivity contribution in [3.63, 3.8) is 0 Å². The van der Waals surface area contributed by atoms with Gasteiger partial charge in [-0.1, -0.05) is 37.6 Å². The van der Waals surface area contributed by atoms with E-state index in [2.05, 4.69) is 21.8 Å². The molecule has 2 N–H and O–H groups in total. The molecule has 0 aliphatic carbocycles. The topological polar surface area (TPSA) is 93.5 Å². The fourth-order valence-electron chi connectivity index (χ4n) is 3.85. The Morgan fingerprint density at radius 1 is 1.22 bits per heavy atom. The Hall–Kier alpha value is -3.87. The van der Waals surface area contributed by atoms with Crippen molar-refractivity contribution in [1.82, 2.24) is 9.55 Å². The maximum Gasteiger partial charge on any atom is 0.335 e. The molecule has 3 aromatic rings. The maximum atomic E-state index is 12.7. The maximum absolute atomic E-state index is 12.7. The number of aromatic nitrogens is 2. The average molecular weight is 431 g/mol. The lowest BCUT2D eigenvalue weighted by Gasteiger charge is -2.11. The molecule has 0 saturated carbocycles. The molecule has 0 spiro atoms. The number of carboxylic acids is 1. The molecule has 7 heteroatoms. The minimum Gasteiger partial charge on any atom is -0.495 e. The number of anilines is 1. The Balaban J connectivity index is 1.73. The van der Waals surface area contributed by atoms with Gasteiger partial charge in [0.05, 0.1) is 35.8 Å². The molecule has 7 nitrogen and oxygen atoms in total. The van der Waals surface area contributed by atoms with Crippen LogP contribution in [0.5, 0.6) is 5.75 Å². The molecule has 0 bridgehead atoms. The molecule has 32 heavy (non-hydrogen) atoms. The first-order valence-electron chi connectivity index (χ1n) is 10.6. The highest BCUT2D eigenvalue weighted by atomic mass is 16.5. The van der Waals surface area contributed by atoms with Crippen LogP contribution in [0.15, 0.2) is 48.7 Å². The Labute approximate surface area is 186 Å². The van der Waals surface area contributed by atoms with Gasteiger partial charge in [0.1, 0.15) is 11.6 Å². The third-order valence-corrected chi connectivity index (χ3v) is 5.58. The number of aryl methyl sites for hydroxylation is 1. The quantitative estimate of drug-likeness (QED) is 0.513. The first kappa shape index (κ1) is 21.4. The predicted molar refractivity (Wildman–Crippen MR) is 123 cm³/mol. The predicted octanol–water partition coefficient (Wildman–Crippen LogP) is 4.47. The van der Waals surface area contributed by atoms with Crippen molar-refractivity contribution in [1.29, 1.82) is 0 Å². The third kappa shape index (κ3) is 4.14. The largest absolute Gasteiger partial charge is 0.495 e. The number of carbonyl (C=O) groups excluding carboxylic acids is 1. The third-order valence-electron chi connectivity index (χ3n) is 5.58. The van der Waals surface area contributed by atoms with Gasteiger partial charge >= 0.3 is 5.97 Å². The van der Waals surface area contributed by atoms with Crippen molar-refractivity contribution in [2.45, 2.75) is 32.7 Å². The smallest absolute Gasteiger partial charge is 0.335 e. The van der Waals surface area contributed by atoms with Gasteiger partial charge in [-0.05, 0) is 36.3 Å². The second-order valence-electron chi connectivity index (χ2n) is 7.69. The number of fused-ring (bicyclic) bond motifs is 1. The summed E-state index contributed by atoms with van der Waals surface area (Å²) in [6.45, 7) is 2.67. The number of carboxylic acid groups (broad SMARTS) is 1. The zero-order valence-corrected chi connectivity index (χ0v) is 18.1. The lowest BCUT2D eigenvalue weighted by Crippen LogP contribution is -2.09. The van der Waals surface area contributed by atoms with Gasteiger partial charge in [-0.15, -0.1) is 0 Å². The second-order valence-corrected chi connectivity index (χ2v) is 7.69. The summed E-state index contributed by atoms with van der Waals surface area (Å²) in [5.41, 5.74) is 4.06. The number of methoxy groups -OCH3 is 1. The summed E-state index contributed by atoms with van der Waals surface area (Å²) in [5.74, 6) is 0.424. The fourth-order valence-corrected chi connectivity index (χ4v) is 3.85. The van der Waals surface area contributed by atoms with E-state index in [9.17, 15) is 9.59 Å². The van der Waals surface area contributed by atoms with Gasteiger partial charge in [0.25, 0.3) is 5.91 Å². The first-order chi connectivity index (χ1) is 15.5. The Morgan fingerprint density at radius 3 is 2.69 bits per heavy atom. The number of benzene rings is 2. The van der Waals surface area contributed by atoms with Crippen LogP contribution < -0.4 is 10.1 Å². The lowest BCUT2D eigenvalue weighted by molar-refractivity contribution is -0.110. The molecule has 1 aliphatic rings. The Kier molecular flexibility index (Phi) is 6.07. The van der Waals surface area contributed by atoms with E-state index in [1.54, 1.807) is 25.4 Å². The molecule has 2 heterocycles. The van der Waals surface area contributed by atoms with Crippen molar-refractivity contribution >= 4 is 29.2 Å². The molecule has 1 amide bonds. The minimum atomic E-state index is -0.949. The van der Waals surface area contributed by atoms with Crippen LogP contribution in [0.1, 0.15) is 52.8 Å². The van der Waals surface area contributed by atoms with Gasteiger partial charge in [0, 0.05) is 18.5 Å². The molecule has 0 fully saturated rings. The molecule has 2 aromatic carbocycles. The van der Waals surface area contributed by atoms with Gasteiger partial charge in [-0.25, -0.2) is 9.78 Å². The molecule has 1 aromatic heterocycles. The van der Waals surface area contributed by atoms with Crippen LogP contribution >= 0.6 is 0 Å². The number of para-hydroxylation sites is 1. The number of rotatable bonds is 8. The molecule has 0 radical (unpaired) electrons. The minimum absolute atomic E-state index is 0.182. The molecule has 164 valence electrons. The fraction of sp³-hybridized carbons (Fsp3) is 0.240. The zero-order chi connectivity index (χ0) is 22.7. The summed E-state index contributed by atoms with van der Waals surface area (Å²) in [6.07, 6.45) is 6.52. The number of hydrogen-bond acceptors (Lipinski definition) is 4. The van der Waals surface area contributed by atoms with Crippen molar-refractivity contribution in [2.75, 3.05) is 12.4 Å². The second kappa shape index (κ2) is 9.09. The van der Waals surface area contributed by atoms with Crippen LogP contribution in [0, 0.1) is 0 Å². The number of ether oxygens (including phenoxy) is 1. The molecule has 4 rings (SSSR count). The van der Waals surface area contributed by atoms with E-state index in [4.69, 9.17) is 9.84 Å². The van der Waals surface area contributed by atoms with E-state index in [1.165, 1.54) is 0 Å². The van der Waals surface area contributed by atoms with Gasteiger partial charge in [-0.3, -0.25) is 4.79 Å². The number of nitrogens with zero attached hydrogens (tertiary/aromatic N) is 2. The van der Waals surface area contributed by atoms with Gasteiger partial charge < -0.3 is 19.7 Å². The van der Waals surface area contributed by atoms with Crippen molar-refractivity contribution in [2.24, 2.45) is 0 Å². The molecule has 1 aliphatic heterocycles. The Morgan fingerprint density at radius 2 is 2.00 bits per heavy atom. The summed E-state index contributed by atoms with van der Waals surface area (Å²) in [5, 5.41) is 12.0. The average Bonchev–Trinajstić information content (AvgIpc) is 3.32. The lowest BCUT2D eigenvalue weighted by atomic mass is 10.1. The summed E-state index contributed by atoms with van der Waals surface area (Å²) in [7, 11) is 1.58. The molecule has 0 unspecified atom stereocenters. The van der Waals surface area contributed by atoms with Gasteiger partial charge in [0.2, 0.25) is 0 Å². The normalized spacial score (nSPS) is 13.8. The van der Waals surface area contributed by atoms with Crippen molar-refractivity contribution in [3.8, 4) is 5.75 Å². The summed E-state index contributed by atoms with van der Waals surface area (Å²) in [6, 6.07) is 12.4. The van der Waals surface area contributed by atoms with Crippen LogP contribution in [-0.2, 0) is 17.8 Å². The number of hydrogen-bond donors (Lipinski definition) is 2. The number of carbonyl (C=O) groups is 2. The molecular formula is C25H25N3O4. The van der Waals surface area contributed by atoms with E-state index >= 15 is 0 Å². The number of imidazole rings is 1. The summed E-state index contributed by atoms with van der Waals surface area (Å²) < 4.78 is 7.47. The number of nitrogens with one attached hydrogen (secondary N) is 1. The van der Waals surface area contributed by atoms with E-state index in [-0.39, 0.29) is 11.5 Å².